The van der Waals surface area contributed by atoms with E-state index in [2.05, 4.69) is 5.32 Å². The van der Waals surface area contributed by atoms with E-state index in [1.54, 1.807) is 14.2 Å². The van der Waals surface area contributed by atoms with Gasteiger partial charge in [-0.25, -0.2) is 0 Å². The smallest absolute Gasteiger partial charge is 0.234 e. The maximum atomic E-state index is 11.2. The lowest BCUT2D eigenvalue weighted by atomic mass is 9.98. The Bertz CT molecular complexity index is 195. The summed E-state index contributed by atoms with van der Waals surface area (Å²) in [5.74, 6) is -0.365. The number of amides is 1. The van der Waals surface area contributed by atoms with Crippen molar-refractivity contribution in [3.63, 3.8) is 0 Å². The minimum atomic E-state index is -0.380. The minimum Gasteiger partial charge on any atom is -0.383 e. The first-order chi connectivity index (χ1) is 6.93. The second kappa shape index (κ2) is 6.76. The van der Waals surface area contributed by atoms with Crippen molar-refractivity contribution >= 4 is 5.91 Å². The van der Waals surface area contributed by atoms with E-state index in [0.717, 1.165) is 0 Å². The molecular weight excluding hydrogens is 196 g/mol. The maximum absolute atomic E-state index is 11.2. The number of nitrogens with two attached hydrogens (primary N) is 1. The molecule has 0 aromatic carbocycles. The van der Waals surface area contributed by atoms with Crippen molar-refractivity contribution in [2.75, 3.05) is 27.4 Å². The zero-order valence-corrected chi connectivity index (χ0v) is 10.0. The lowest BCUT2D eigenvalue weighted by Gasteiger charge is -2.27. The number of carbonyl (C=O) groups excluding carboxylic acids is 1. The summed E-state index contributed by atoms with van der Waals surface area (Å²) in [5, 5.41) is 3.03. The van der Waals surface area contributed by atoms with Gasteiger partial charge in [-0.15, -0.1) is 0 Å². The Kier molecular flexibility index (Phi) is 6.47. The van der Waals surface area contributed by atoms with Gasteiger partial charge >= 0.3 is 0 Å². The fourth-order valence-corrected chi connectivity index (χ4v) is 1.18. The van der Waals surface area contributed by atoms with Gasteiger partial charge in [-0.1, -0.05) is 0 Å². The lowest BCUT2D eigenvalue weighted by molar-refractivity contribution is -0.122. The molecule has 0 rings (SSSR count). The van der Waals surface area contributed by atoms with Crippen LogP contribution >= 0.6 is 0 Å². The number of methoxy groups -OCH3 is 2. The monoisotopic (exact) mass is 218 g/mol. The third-order valence-electron chi connectivity index (χ3n) is 2.29. The highest BCUT2D eigenvalue weighted by atomic mass is 16.5. The topological polar surface area (TPSA) is 73.6 Å². The quantitative estimate of drug-likeness (QED) is 0.558. The Hall–Kier alpha value is -0.650. The average Bonchev–Trinajstić information content (AvgIpc) is 2.16. The number of nitrogens with one attached hydrogen (secondary N) is 1. The first kappa shape index (κ1) is 14.3. The van der Waals surface area contributed by atoms with Crippen molar-refractivity contribution in [1.29, 1.82) is 0 Å². The molecule has 0 fully saturated rings. The number of hydrogen-bond donors (Lipinski definition) is 2. The highest BCUT2D eigenvalue weighted by molar-refractivity contribution is 5.79. The summed E-state index contributed by atoms with van der Waals surface area (Å²) in [6.07, 6.45) is 0.544. The van der Waals surface area contributed by atoms with Gasteiger partial charge in [0.1, 0.15) is 0 Å². The van der Waals surface area contributed by atoms with E-state index < -0.39 is 0 Å². The van der Waals surface area contributed by atoms with E-state index in [1.807, 2.05) is 13.8 Å². The molecule has 0 spiro atoms. The molecule has 0 bridgehead atoms. The van der Waals surface area contributed by atoms with Gasteiger partial charge in [0.05, 0.1) is 18.2 Å². The standard InChI is InChI=1S/C10H22N2O3/c1-10(2,15-4)7-8(9(11)13)12-5-6-14-3/h8,12H,5-7H2,1-4H3,(H2,11,13). The first-order valence-corrected chi connectivity index (χ1v) is 4.99. The minimum absolute atomic E-state index is 0.361. The fraction of sp³-hybridized carbons (Fsp3) is 0.900. The largest absolute Gasteiger partial charge is 0.383 e. The predicted octanol–water partition coefficient (Wildman–Crippen LogP) is -0.109. The van der Waals surface area contributed by atoms with Gasteiger partial charge in [0.2, 0.25) is 5.91 Å². The molecular formula is C10H22N2O3. The van der Waals surface area contributed by atoms with Crippen LogP contribution in [0, 0.1) is 0 Å². The molecule has 3 N–H and O–H groups in total. The Morgan fingerprint density at radius 2 is 2.07 bits per heavy atom. The summed E-state index contributed by atoms with van der Waals surface area (Å²) < 4.78 is 10.1. The fourth-order valence-electron chi connectivity index (χ4n) is 1.18. The number of ether oxygens (including phenoxy) is 2. The van der Waals surface area contributed by atoms with Crippen LogP contribution < -0.4 is 11.1 Å². The molecule has 0 aliphatic rings. The first-order valence-electron chi connectivity index (χ1n) is 4.99. The normalized spacial score (nSPS) is 13.9. The summed E-state index contributed by atoms with van der Waals surface area (Å²) in [6, 6.07) is -0.380. The molecule has 0 aliphatic carbocycles. The maximum Gasteiger partial charge on any atom is 0.234 e. The van der Waals surface area contributed by atoms with Gasteiger partial charge < -0.3 is 20.5 Å². The van der Waals surface area contributed by atoms with Crippen molar-refractivity contribution in [2.45, 2.75) is 31.9 Å². The Morgan fingerprint density at radius 3 is 2.47 bits per heavy atom. The van der Waals surface area contributed by atoms with Crippen LogP contribution in [0.4, 0.5) is 0 Å². The highest BCUT2D eigenvalue weighted by Crippen LogP contribution is 2.15. The van der Waals surface area contributed by atoms with Gasteiger partial charge in [-0.05, 0) is 13.8 Å². The van der Waals surface area contributed by atoms with E-state index in [4.69, 9.17) is 15.2 Å². The number of hydrogen-bond acceptors (Lipinski definition) is 4. The molecule has 15 heavy (non-hydrogen) atoms. The van der Waals surface area contributed by atoms with Gasteiger partial charge in [-0.2, -0.15) is 0 Å². The van der Waals surface area contributed by atoms with Crippen molar-refractivity contribution in [3.05, 3.63) is 0 Å². The van der Waals surface area contributed by atoms with Gasteiger partial charge in [0.15, 0.2) is 0 Å². The molecule has 1 amide bonds. The highest BCUT2D eigenvalue weighted by Gasteiger charge is 2.25. The predicted molar refractivity (Wildman–Crippen MR) is 58.6 cm³/mol. The van der Waals surface area contributed by atoms with Crippen LogP contribution in [0.2, 0.25) is 0 Å². The molecule has 0 aromatic heterocycles. The summed E-state index contributed by atoms with van der Waals surface area (Å²) in [4.78, 5) is 11.2. The van der Waals surface area contributed by atoms with Crippen molar-refractivity contribution in [1.82, 2.24) is 5.32 Å². The summed E-state index contributed by atoms with van der Waals surface area (Å²) in [5.41, 5.74) is 4.92. The molecule has 5 heteroatoms. The van der Waals surface area contributed by atoms with Crippen molar-refractivity contribution in [2.24, 2.45) is 5.73 Å². The van der Waals surface area contributed by atoms with Crippen LogP contribution in [0.1, 0.15) is 20.3 Å². The van der Waals surface area contributed by atoms with Crippen LogP contribution in [-0.2, 0) is 14.3 Å². The molecule has 0 radical (unpaired) electrons. The third kappa shape index (κ3) is 6.43. The number of rotatable bonds is 8. The average molecular weight is 218 g/mol. The zero-order chi connectivity index (χ0) is 11.9. The Morgan fingerprint density at radius 1 is 1.47 bits per heavy atom. The van der Waals surface area contributed by atoms with Crippen LogP contribution in [-0.4, -0.2) is 44.9 Å². The summed E-state index contributed by atoms with van der Waals surface area (Å²) >= 11 is 0. The zero-order valence-electron chi connectivity index (χ0n) is 10.0. The van der Waals surface area contributed by atoms with E-state index in [9.17, 15) is 4.79 Å². The van der Waals surface area contributed by atoms with E-state index in [-0.39, 0.29) is 17.6 Å². The van der Waals surface area contributed by atoms with E-state index in [0.29, 0.717) is 19.6 Å². The SMILES string of the molecule is COCCNC(CC(C)(C)OC)C(N)=O. The van der Waals surface area contributed by atoms with Crippen LogP contribution in [0.3, 0.4) is 0 Å². The van der Waals surface area contributed by atoms with Gasteiger partial charge in [0.25, 0.3) is 0 Å². The Labute approximate surface area is 91.3 Å². The number of carbonyl (C=O) groups is 1. The molecule has 0 heterocycles. The molecule has 5 nitrogen and oxygen atoms in total. The van der Waals surface area contributed by atoms with Gasteiger partial charge in [-0.3, -0.25) is 4.79 Å². The summed E-state index contributed by atoms with van der Waals surface area (Å²) in [7, 11) is 3.23. The van der Waals surface area contributed by atoms with Crippen LogP contribution in [0.25, 0.3) is 0 Å². The van der Waals surface area contributed by atoms with Crippen LogP contribution in [0.5, 0.6) is 0 Å². The lowest BCUT2D eigenvalue weighted by Crippen LogP contribution is -2.47. The molecule has 1 unspecified atom stereocenters. The molecule has 0 saturated carbocycles. The molecule has 1 atom stereocenters. The second-order valence-electron chi connectivity index (χ2n) is 4.07. The van der Waals surface area contributed by atoms with Gasteiger partial charge in [0, 0.05) is 27.2 Å². The molecule has 0 aromatic rings. The molecule has 0 aliphatic heterocycles. The third-order valence-corrected chi connectivity index (χ3v) is 2.29. The van der Waals surface area contributed by atoms with E-state index in [1.165, 1.54) is 0 Å². The molecule has 0 saturated heterocycles. The van der Waals surface area contributed by atoms with Crippen molar-refractivity contribution < 1.29 is 14.3 Å². The van der Waals surface area contributed by atoms with Crippen molar-refractivity contribution in [3.8, 4) is 0 Å². The van der Waals surface area contributed by atoms with E-state index >= 15 is 0 Å². The summed E-state index contributed by atoms with van der Waals surface area (Å²) in [6.45, 7) is 4.99. The van der Waals surface area contributed by atoms with Crippen LogP contribution in [0.15, 0.2) is 0 Å². The second-order valence-corrected chi connectivity index (χ2v) is 4.07. The Balaban J connectivity index is 4.10. The molecule has 90 valence electrons. The number of primary amides is 1.